The summed E-state index contributed by atoms with van der Waals surface area (Å²) in [6.07, 6.45) is 42.4. The average molecular weight is 602 g/mol. The molecule has 0 aliphatic heterocycles. The topological polar surface area (TPSA) is 89.8 Å². The monoisotopic (exact) mass is 602 g/mol. The van der Waals surface area contributed by atoms with Crippen molar-refractivity contribution < 1.29 is 20.1 Å². The number of hydrogen-bond donors (Lipinski definition) is 4. The molecule has 0 rings (SSSR count). The number of aliphatic hydroxyl groups is 3. The Bertz CT molecular complexity index is 755. The molecular weight excluding hydrogens is 534 g/mol. The number of hydrogen-bond acceptors (Lipinski definition) is 4. The number of nitrogens with one attached hydrogen (secondary N) is 1. The Morgan fingerprint density at radius 1 is 0.628 bits per heavy atom. The van der Waals surface area contributed by atoms with Crippen LogP contribution in [0.4, 0.5) is 0 Å². The van der Waals surface area contributed by atoms with Crippen LogP contribution in [0.15, 0.2) is 60.8 Å². The SMILES string of the molecule is CCCCCCCCCCCCC/C=C/[C@@H](O)[C@H](CO)NC(=O)CCC/C=C\C/C=C\C/C=C\C/C=C\CC[C@H](O)CC. The fourth-order valence-electron chi connectivity index (χ4n) is 4.74. The second-order valence-corrected chi connectivity index (χ2v) is 11.7. The van der Waals surface area contributed by atoms with Gasteiger partial charge in [0.25, 0.3) is 0 Å². The molecule has 1 amide bonds. The van der Waals surface area contributed by atoms with E-state index in [2.05, 4.69) is 60.8 Å². The molecule has 0 heterocycles. The van der Waals surface area contributed by atoms with Crippen LogP contribution < -0.4 is 5.32 Å². The van der Waals surface area contributed by atoms with Gasteiger partial charge in [-0.05, 0) is 64.2 Å². The third-order valence-electron chi connectivity index (χ3n) is 7.66. The maximum atomic E-state index is 12.3. The minimum atomic E-state index is -0.870. The van der Waals surface area contributed by atoms with Crippen LogP contribution >= 0.6 is 0 Å². The second kappa shape index (κ2) is 33.0. The molecule has 5 heteroatoms. The highest BCUT2D eigenvalue weighted by atomic mass is 16.3. The summed E-state index contributed by atoms with van der Waals surface area (Å²) in [5.74, 6) is -0.134. The molecule has 0 aromatic heterocycles. The van der Waals surface area contributed by atoms with Crippen LogP contribution in [0.1, 0.15) is 149 Å². The zero-order valence-electron chi connectivity index (χ0n) is 27.8. The Kier molecular flexibility index (Phi) is 31.5. The average Bonchev–Trinajstić information content (AvgIpc) is 3.01. The van der Waals surface area contributed by atoms with Crippen LogP contribution in [0.5, 0.6) is 0 Å². The first-order valence-electron chi connectivity index (χ1n) is 17.6. The molecule has 0 spiro atoms. The van der Waals surface area contributed by atoms with Gasteiger partial charge >= 0.3 is 0 Å². The molecule has 3 atom stereocenters. The quantitative estimate of drug-likeness (QED) is 0.0488. The summed E-state index contributed by atoms with van der Waals surface area (Å²) < 4.78 is 0. The molecule has 0 radical (unpaired) electrons. The number of carbonyl (C=O) groups excluding carboxylic acids is 1. The van der Waals surface area contributed by atoms with E-state index in [1.54, 1.807) is 6.08 Å². The molecule has 4 N–H and O–H groups in total. The molecule has 0 aliphatic rings. The highest BCUT2D eigenvalue weighted by Gasteiger charge is 2.17. The molecule has 0 aliphatic carbocycles. The fourth-order valence-corrected chi connectivity index (χ4v) is 4.74. The van der Waals surface area contributed by atoms with Crippen molar-refractivity contribution in [2.24, 2.45) is 0 Å². The number of amides is 1. The Morgan fingerprint density at radius 2 is 1.12 bits per heavy atom. The van der Waals surface area contributed by atoms with E-state index in [1.165, 1.54) is 64.2 Å². The maximum absolute atomic E-state index is 12.3. The summed E-state index contributed by atoms with van der Waals surface area (Å²) >= 11 is 0. The lowest BCUT2D eigenvalue weighted by Gasteiger charge is -2.19. The predicted octanol–water partition coefficient (Wildman–Crippen LogP) is 9.20. The summed E-state index contributed by atoms with van der Waals surface area (Å²) in [6.45, 7) is 3.98. The summed E-state index contributed by atoms with van der Waals surface area (Å²) in [4.78, 5) is 12.3. The lowest BCUT2D eigenvalue weighted by Crippen LogP contribution is -2.45. The molecule has 0 saturated heterocycles. The number of unbranched alkanes of at least 4 members (excludes halogenated alkanes) is 12. The van der Waals surface area contributed by atoms with Gasteiger partial charge in [-0.2, -0.15) is 0 Å². The molecule has 0 aromatic rings. The number of rotatable bonds is 30. The van der Waals surface area contributed by atoms with Crippen LogP contribution in [-0.4, -0.2) is 46.1 Å². The van der Waals surface area contributed by atoms with Gasteiger partial charge in [0, 0.05) is 6.42 Å². The smallest absolute Gasteiger partial charge is 0.220 e. The molecule has 0 bridgehead atoms. The minimum absolute atomic E-state index is 0.134. The first-order chi connectivity index (χ1) is 21.0. The van der Waals surface area contributed by atoms with E-state index >= 15 is 0 Å². The summed E-state index contributed by atoms with van der Waals surface area (Å²) in [5, 5.41) is 32.3. The van der Waals surface area contributed by atoms with Crippen molar-refractivity contribution in [1.29, 1.82) is 0 Å². The lowest BCUT2D eigenvalue weighted by atomic mass is 10.0. The van der Waals surface area contributed by atoms with Crippen molar-refractivity contribution in [1.82, 2.24) is 5.32 Å². The van der Waals surface area contributed by atoms with Crippen molar-refractivity contribution in [2.45, 2.75) is 167 Å². The number of allylic oxidation sites excluding steroid dienone is 9. The highest BCUT2D eigenvalue weighted by Crippen LogP contribution is 2.12. The molecular formula is C38H67NO4. The summed E-state index contributed by atoms with van der Waals surface area (Å²) in [6, 6.07) is -0.661. The van der Waals surface area contributed by atoms with Crippen LogP contribution in [0.2, 0.25) is 0 Å². The highest BCUT2D eigenvalue weighted by molar-refractivity contribution is 5.76. The fraction of sp³-hybridized carbons (Fsp3) is 0.711. The maximum Gasteiger partial charge on any atom is 0.220 e. The zero-order chi connectivity index (χ0) is 31.6. The lowest BCUT2D eigenvalue weighted by molar-refractivity contribution is -0.122. The van der Waals surface area contributed by atoms with E-state index in [0.29, 0.717) is 6.42 Å². The Morgan fingerprint density at radius 3 is 1.65 bits per heavy atom. The van der Waals surface area contributed by atoms with E-state index in [1.807, 2.05) is 13.0 Å². The van der Waals surface area contributed by atoms with Gasteiger partial charge in [0.15, 0.2) is 0 Å². The van der Waals surface area contributed by atoms with Crippen LogP contribution in [0, 0.1) is 0 Å². The molecule has 0 aromatic carbocycles. The molecule has 248 valence electrons. The molecule has 0 fully saturated rings. The van der Waals surface area contributed by atoms with Gasteiger partial charge in [0.05, 0.1) is 24.9 Å². The van der Waals surface area contributed by atoms with Crippen molar-refractivity contribution in [3.8, 4) is 0 Å². The number of aliphatic hydroxyl groups excluding tert-OH is 3. The van der Waals surface area contributed by atoms with Crippen LogP contribution in [0.3, 0.4) is 0 Å². The third-order valence-corrected chi connectivity index (χ3v) is 7.66. The van der Waals surface area contributed by atoms with Gasteiger partial charge in [0.1, 0.15) is 0 Å². The van der Waals surface area contributed by atoms with Crippen molar-refractivity contribution >= 4 is 5.91 Å². The first kappa shape index (κ1) is 41.0. The van der Waals surface area contributed by atoms with Gasteiger partial charge in [-0.1, -0.05) is 139 Å². The Balaban J connectivity index is 3.81. The molecule has 0 saturated carbocycles. The van der Waals surface area contributed by atoms with Gasteiger partial charge in [-0.3, -0.25) is 4.79 Å². The number of carbonyl (C=O) groups is 1. The second-order valence-electron chi connectivity index (χ2n) is 11.7. The molecule has 0 unspecified atom stereocenters. The first-order valence-corrected chi connectivity index (χ1v) is 17.6. The van der Waals surface area contributed by atoms with Gasteiger partial charge in [-0.15, -0.1) is 0 Å². The van der Waals surface area contributed by atoms with Crippen molar-refractivity contribution in [2.75, 3.05) is 6.61 Å². The van der Waals surface area contributed by atoms with Gasteiger partial charge in [0.2, 0.25) is 5.91 Å². The van der Waals surface area contributed by atoms with E-state index in [-0.39, 0.29) is 18.6 Å². The third kappa shape index (κ3) is 29.9. The standard InChI is InChI=1S/C38H67NO4/c1-3-5-6-7-8-9-10-13-17-20-23-26-29-32-37(42)36(34-40)39-38(43)33-30-27-24-21-18-15-12-11-14-16-19-22-25-28-31-35(41)4-2/h12,14-16,21-22,24-25,29,32,35-37,40-42H,3-11,13,17-20,23,26-28,30-31,33-34H2,1-2H3,(H,39,43)/b15-12-,16-14-,24-21-,25-22-,32-29+/t35-,36+,37-/m1/s1. The molecule has 43 heavy (non-hydrogen) atoms. The summed E-state index contributed by atoms with van der Waals surface area (Å²) in [7, 11) is 0. The van der Waals surface area contributed by atoms with Crippen LogP contribution in [-0.2, 0) is 4.79 Å². The van der Waals surface area contributed by atoms with E-state index in [4.69, 9.17) is 0 Å². The zero-order valence-corrected chi connectivity index (χ0v) is 27.8. The van der Waals surface area contributed by atoms with Crippen molar-refractivity contribution in [3.63, 3.8) is 0 Å². The largest absolute Gasteiger partial charge is 0.394 e. The predicted molar refractivity (Wildman–Crippen MR) is 185 cm³/mol. The van der Waals surface area contributed by atoms with Gasteiger partial charge in [-0.25, -0.2) is 0 Å². The normalized spacial score (nSPS) is 14.6. The van der Waals surface area contributed by atoms with E-state index in [0.717, 1.165) is 64.2 Å². The van der Waals surface area contributed by atoms with Gasteiger partial charge < -0.3 is 20.6 Å². The van der Waals surface area contributed by atoms with Crippen LogP contribution in [0.25, 0.3) is 0 Å². The summed E-state index contributed by atoms with van der Waals surface area (Å²) in [5.41, 5.74) is 0. The Hall–Kier alpha value is -1.95. The van der Waals surface area contributed by atoms with Crippen molar-refractivity contribution in [3.05, 3.63) is 60.8 Å². The van der Waals surface area contributed by atoms with E-state index < -0.39 is 12.1 Å². The Labute approximate surface area is 265 Å². The minimum Gasteiger partial charge on any atom is -0.394 e. The van der Waals surface area contributed by atoms with E-state index in [9.17, 15) is 20.1 Å². The molecule has 5 nitrogen and oxygen atoms in total.